The van der Waals surface area contributed by atoms with Crippen LogP contribution in [0.15, 0.2) is 85.2 Å². The molecule has 28 heavy (non-hydrogen) atoms. The van der Waals surface area contributed by atoms with Gasteiger partial charge in [0.15, 0.2) is 0 Å². The Labute approximate surface area is 165 Å². The first-order chi connectivity index (χ1) is 13.8. The predicted octanol–water partition coefficient (Wildman–Crippen LogP) is 3.91. The summed E-state index contributed by atoms with van der Waals surface area (Å²) in [6.45, 7) is 1.49. The first-order valence-corrected chi connectivity index (χ1v) is 9.51. The molecule has 1 amide bonds. The van der Waals surface area contributed by atoms with Crippen LogP contribution in [0.5, 0.6) is 5.75 Å². The van der Waals surface area contributed by atoms with Gasteiger partial charge in [-0.3, -0.25) is 14.7 Å². The van der Waals surface area contributed by atoms with E-state index in [1.54, 1.807) is 12.4 Å². The number of nitrogens with zero attached hydrogens (tertiary/aromatic N) is 2. The first-order valence-electron chi connectivity index (χ1n) is 9.51. The highest BCUT2D eigenvalue weighted by Crippen LogP contribution is 2.28. The molecule has 2 atom stereocenters. The topological polar surface area (TPSA) is 54.5 Å². The fourth-order valence-corrected chi connectivity index (χ4v) is 3.59. The van der Waals surface area contributed by atoms with Gasteiger partial charge in [-0.05, 0) is 36.2 Å². The second-order valence-corrected chi connectivity index (χ2v) is 6.88. The van der Waals surface area contributed by atoms with Crippen molar-refractivity contribution in [3.8, 4) is 5.75 Å². The van der Waals surface area contributed by atoms with Gasteiger partial charge in [-0.2, -0.15) is 0 Å². The lowest BCUT2D eigenvalue weighted by Crippen LogP contribution is -2.37. The van der Waals surface area contributed by atoms with Crippen molar-refractivity contribution in [1.82, 2.24) is 9.88 Å². The lowest BCUT2D eigenvalue weighted by Gasteiger charge is -2.27. The van der Waals surface area contributed by atoms with Crippen molar-refractivity contribution in [2.45, 2.75) is 18.6 Å². The van der Waals surface area contributed by atoms with E-state index in [0.717, 1.165) is 30.0 Å². The zero-order chi connectivity index (χ0) is 19.2. The normalized spacial score (nSPS) is 17.8. The molecule has 3 aromatic rings. The number of hydrogen-bond acceptors (Lipinski definition) is 4. The number of rotatable bonds is 6. The molecule has 4 rings (SSSR count). The number of anilines is 1. The summed E-state index contributed by atoms with van der Waals surface area (Å²) in [6.07, 6.45) is 4.36. The Bertz CT molecular complexity index is 887. The van der Waals surface area contributed by atoms with Gasteiger partial charge in [-0.1, -0.05) is 48.5 Å². The number of likely N-dealkylation sites (tertiary alicyclic amines) is 1. The Kier molecular flexibility index (Phi) is 5.64. The average Bonchev–Trinajstić information content (AvgIpc) is 3.18. The number of benzene rings is 2. The van der Waals surface area contributed by atoms with Gasteiger partial charge in [0.1, 0.15) is 17.9 Å². The molecule has 1 N–H and O–H groups in total. The summed E-state index contributed by atoms with van der Waals surface area (Å²) in [5, 5.41) is 3.05. The van der Waals surface area contributed by atoms with Crippen molar-refractivity contribution in [1.29, 1.82) is 0 Å². The van der Waals surface area contributed by atoms with Crippen molar-refractivity contribution in [3.05, 3.63) is 90.8 Å². The monoisotopic (exact) mass is 373 g/mol. The van der Waals surface area contributed by atoms with E-state index < -0.39 is 0 Å². The summed E-state index contributed by atoms with van der Waals surface area (Å²) in [5.74, 6) is 0.735. The molecule has 1 saturated heterocycles. The summed E-state index contributed by atoms with van der Waals surface area (Å²) in [6, 6.07) is 22.9. The molecule has 1 aliphatic rings. The van der Waals surface area contributed by atoms with Gasteiger partial charge in [0.25, 0.3) is 0 Å². The van der Waals surface area contributed by atoms with E-state index in [-0.39, 0.29) is 18.1 Å². The number of nitrogens with one attached hydrogen (secondary N) is 1. The van der Waals surface area contributed by atoms with Crippen LogP contribution in [0.1, 0.15) is 18.0 Å². The predicted molar refractivity (Wildman–Crippen MR) is 109 cm³/mol. The van der Waals surface area contributed by atoms with Crippen molar-refractivity contribution >= 4 is 11.6 Å². The van der Waals surface area contributed by atoms with Crippen LogP contribution in [0, 0.1) is 0 Å². The zero-order valence-corrected chi connectivity index (χ0v) is 15.6. The first kappa shape index (κ1) is 18.2. The number of pyridine rings is 1. The Morgan fingerprint density at radius 3 is 2.50 bits per heavy atom. The highest BCUT2D eigenvalue weighted by Gasteiger charge is 2.34. The summed E-state index contributed by atoms with van der Waals surface area (Å²) in [4.78, 5) is 19.5. The van der Waals surface area contributed by atoms with Gasteiger partial charge in [0, 0.05) is 25.0 Å². The van der Waals surface area contributed by atoms with Crippen LogP contribution in [0.4, 0.5) is 5.69 Å². The zero-order valence-electron chi connectivity index (χ0n) is 15.6. The van der Waals surface area contributed by atoms with Gasteiger partial charge in [0.05, 0.1) is 6.20 Å². The Balaban J connectivity index is 1.50. The van der Waals surface area contributed by atoms with E-state index in [1.165, 1.54) is 0 Å². The second-order valence-electron chi connectivity index (χ2n) is 6.88. The maximum atomic E-state index is 13.2. The van der Waals surface area contributed by atoms with Crippen LogP contribution in [0.2, 0.25) is 0 Å². The quantitative estimate of drug-likeness (QED) is 0.712. The molecule has 0 saturated carbocycles. The second kappa shape index (κ2) is 8.67. The van der Waals surface area contributed by atoms with Crippen LogP contribution >= 0.6 is 0 Å². The van der Waals surface area contributed by atoms with Crippen molar-refractivity contribution in [3.63, 3.8) is 0 Å². The average molecular weight is 373 g/mol. The molecule has 0 bridgehead atoms. The number of hydrogen-bond donors (Lipinski definition) is 1. The van der Waals surface area contributed by atoms with Crippen LogP contribution < -0.4 is 10.1 Å². The van der Waals surface area contributed by atoms with Crippen molar-refractivity contribution in [2.75, 3.05) is 18.4 Å². The van der Waals surface area contributed by atoms with E-state index in [4.69, 9.17) is 4.74 Å². The molecule has 0 spiro atoms. The van der Waals surface area contributed by atoms with Crippen LogP contribution in [0.3, 0.4) is 0 Å². The fourth-order valence-electron chi connectivity index (χ4n) is 3.59. The number of carbonyl (C=O) groups is 1. The van der Waals surface area contributed by atoms with Gasteiger partial charge < -0.3 is 10.1 Å². The van der Waals surface area contributed by atoms with Crippen LogP contribution in [0.25, 0.3) is 0 Å². The Morgan fingerprint density at radius 1 is 1.04 bits per heavy atom. The fraction of sp³-hybridized carbons (Fsp3) is 0.217. The van der Waals surface area contributed by atoms with E-state index in [1.807, 2.05) is 72.8 Å². The molecule has 1 fully saturated rings. The minimum Gasteiger partial charge on any atom is -0.487 e. The van der Waals surface area contributed by atoms with Gasteiger partial charge in [-0.25, -0.2) is 0 Å². The summed E-state index contributed by atoms with van der Waals surface area (Å²) in [7, 11) is 0. The van der Waals surface area contributed by atoms with Gasteiger partial charge in [0.2, 0.25) is 5.91 Å². The summed E-state index contributed by atoms with van der Waals surface area (Å²) >= 11 is 0. The maximum absolute atomic E-state index is 13.2. The largest absolute Gasteiger partial charge is 0.487 e. The molecule has 5 nitrogen and oxygen atoms in total. The highest BCUT2D eigenvalue weighted by atomic mass is 16.5. The van der Waals surface area contributed by atoms with Gasteiger partial charge in [-0.15, -0.1) is 0 Å². The van der Waals surface area contributed by atoms with E-state index in [0.29, 0.717) is 6.54 Å². The Morgan fingerprint density at radius 2 is 1.79 bits per heavy atom. The highest BCUT2D eigenvalue weighted by molar-refractivity contribution is 5.95. The summed E-state index contributed by atoms with van der Waals surface area (Å²) in [5.41, 5.74) is 1.79. The van der Waals surface area contributed by atoms with Crippen LogP contribution in [-0.4, -0.2) is 35.0 Å². The van der Waals surface area contributed by atoms with E-state index in [9.17, 15) is 4.79 Å². The number of amides is 1. The maximum Gasteiger partial charge on any atom is 0.246 e. The van der Waals surface area contributed by atoms with E-state index >= 15 is 0 Å². The lowest BCUT2D eigenvalue weighted by atomic mass is 10.0. The molecule has 0 radical (unpaired) electrons. The number of aromatic nitrogens is 1. The van der Waals surface area contributed by atoms with Crippen molar-refractivity contribution in [2.24, 2.45) is 0 Å². The van der Waals surface area contributed by atoms with Gasteiger partial charge >= 0.3 is 0 Å². The molecule has 2 unspecified atom stereocenters. The molecule has 142 valence electrons. The standard InChI is InChI=1S/C23H23N3O2/c27-23(25-19-10-5-2-6-11-19)22(18-8-3-1-4-9-18)26-15-13-21(17-26)28-20-12-7-14-24-16-20/h1-12,14,16,21-22H,13,15,17H2,(H,25,27). The summed E-state index contributed by atoms with van der Waals surface area (Å²) < 4.78 is 6.05. The number of carbonyl (C=O) groups excluding carboxylic acids is 1. The van der Waals surface area contributed by atoms with Crippen molar-refractivity contribution < 1.29 is 9.53 Å². The third kappa shape index (κ3) is 4.38. The van der Waals surface area contributed by atoms with Crippen LogP contribution in [-0.2, 0) is 4.79 Å². The third-order valence-electron chi connectivity index (χ3n) is 4.88. The smallest absolute Gasteiger partial charge is 0.246 e. The molecule has 0 aliphatic carbocycles. The molecule has 1 aliphatic heterocycles. The molecular formula is C23H23N3O2. The third-order valence-corrected chi connectivity index (χ3v) is 4.88. The molecule has 5 heteroatoms. The number of ether oxygens (including phenoxy) is 1. The lowest BCUT2D eigenvalue weighted by molar-refractivity contribution is -0.121. The molecule has 2 heterocycles. The van der Waals surface area contributed by atoms with E-state index in [2.05, 4.69) is 15.2 Å². The number of para-hydroxylation sites is 1. The Hall–Kier alpha value is -3.18. The minimum atomic E-state index is -0.357. The molecule has 2 aromatic carbocycles. The minimum absolute atomic E-state index is 0.0283. The SMILES string of the molecule is O=C(Nc1ccccc1)C(c1ccccc1)N1CCC(Oc2cccnc2)C1. The molecular weight excluding hydrogens is 350 g/mol. The molecule has 1 aromatic heterocycles.